The lowest BCUT2D eigenvalue weighted by Gasteiger charge is -2.61. The Bertz CT molecular complexity index is 2060. The number of carbonyl (C=O) groups is 1. The maximum atomic E-state index is 13.0. The Hall–Kier alpha value is -3.77. The number of aliphatic hydroxyl groups is 4. The first-order valence-electron chi connectivity index (χ1n) is 24.1. The van der Waals surface area contributed by atoms with Gasteiger partial charge in [0, 0.05) is 49.7 Å². The van der Waals surface area contributed by atoms with E-state index in [1.807, 2.05) is 26.1 Å². The minimum absolute atomic E-state index is 0.0432. The van der Waals surface area contributed by atoms with E-state index in [0.29, 0.717) is 50.8 Å². The second-order valence-corrected chi connectivity index (χ2v) is 19.9. The van der Waals surface area contributed by atoms with Crippen molar-refractivity contribution < 1.29 is 34.7 Å². The normalized spacial score (nSPS) is 33.3. The van der Waals surface area contributed by atoms with Gasteiger partial charge in [-0.25, -0.2) is 0 Å². The number of allylic oxidation sites excluding steroid dienone is 9. The second-order valence-electron chi connectivity index (χ2n) is 19.9. The summed E-state index contributed by atoms with van der Waals surface area (Å²) in [4.78, 5) is 12.5. The number of nitrogens with one attached hydrogen (secondary N) is 2. The van der Waals surface area contributed by atoms with E-state index in [2.05, 4.69) is 103 Å². The van der Waals surface area contributed by atoms with Gasteiger partial charge in [-0.2, -0.15) is 0 Å². The SMILES string of the molecule is C=C(/C=C/C=C(/COCO)[C@@H]1CC[C@]2([C@@H]1O)[C@@H]1C(=C(C)C=O)[C@@H](C=C[C@@H]1CCO)C[C@]2(O)CCNC)[C@@H]1C/C=C(\C)CN[C@@](C)(CCOC)Cc2cccc(c2)[C@@H]1CCc1ccccc1. The molecule has 3 aliphatic carbocycles. The minimum atomic E-state index is -1.25. The molecule has 0 saturated heterocycles. The van der Waals surface area contributed by atoms with Crippen LogP contribution in [-0.4, -0.2) is 97.8 Å². The van der Waals surface area contributed by atoms with E-state index in [9.17, 15) is 25.2 Å². The maximum Gasteiger partial charge on any atom is 0.145 e. The Morgan fingerprint density at radius 3 is 2.58 bits per heavy atom. The van der Waals surface area contributed by atoms with Gasteiger partial charge in [0.1, 0.15) is 13.1 Å². The number of benzene rings is 2. The van der Waals surface area contributed by atoms with Crippen molar-refractivity contribution >= 4 is 6.29 Å². The summed E-state index contributed by atoms with van der Waals surface area (Å²) >= 11 is 0. The lowest BCUT2D eigenvalue weighted by molar-refractivity contribution is -0.194. The molecule has 0 amide bonds. The number of aldehydes is 1. The topological polar surface area (TPSA) is 141 Å². The van der Waals surface area contributed by atoms with Gasteiger partial charge in [0.2, 0.25) is 0 Å². The molecule has 0 unspecified atom stereocenters. The van der Waals surface area contributed by atoms with Gasteiger partial charge in [-0.05, 0) is 150 Å². The van der Waals surface area contributed by atoms with Crippen LogP contribution in [0.25, 0.3) is 0 Å². The van der Waals surface area contributed by atoms with Crippen molar-refractivity contribution in [1.82, 2.24) is 10.6 Å². The molecule has 10 atom stereocenters. The number of fused-ring (bicyclic) bond motifs is 5. The van der Waals surface area contributed by atoms with Gasteiger partial charge in [-0.3, -0.25) is 4.79 Å². The third-order valence-corrected chi connectivity index (χ3v) is 15.7. The highest BCUT2D eigenvalue weighted by Crippen LogP contribution is 2.67. The number of aliphatic hydroxyl groups excluding tert-OH is 3. The Morgan fingerprint density at radius 2 is 1.86 bits per heavy atom. The zero-order valence-electron chi connectivity index (χ0n) is 39.8. The van der Waals surface area contributed by atoms with Crippen molar-refractivity contribution in [3.8, 4) is 0 Å². The second kappa shape index (κ2) is 23.3. The third kappa shape index (κ3) is 11.5. The molecule has 2 saturated carbocycles. The first-order valence-corrected chi connectivity index (χ1v) is 24.1. The van der Waals surface area contributed by atoms with Gasteiger partial charge in [0.25, 0.3) is 0 Å². The van der Waals surface area contributed by atoms with E-state index >= 15 is 0 Å². The molecule has 354 valence electrons. The van der Waals surface area contributed by atoms with Crippen LogP contribution in [0.3, 0.4) is 0 Å². The molecule has 9 heteroatoms. The molecule has 0 aromatic heterocycles. The summed E-state index contributed by atoms with van der Waals surface area (Å²) in [6.07, 6.45) is 19.6. The van der Waals surface area contributed by atoms with Crippen LogP contribution < -0.4 is 10.6 Å². The Balaban J connectivity index is 1.37. The summed E-state index contributed by atoms with van der Waals surface area (Å²) in [5.74, 6) is -0.728. The molecule has 6 rings (SSSR count). The predicted octanol–water partition coefficient (Wildman–Crippen LogP) is 8.12. The molecule has 9 nitrogen and oxygen atoms in total. The average Bonchev–Trinajstić information content (AvgIpc) is 3.65. The van der Waals surface area contributed by atoms with E-state index in [1.165, 1.54) is 22.3 Å². The van der Waals surface area contributed by atoms with Crippen LogP contribution in [-0.2, 0) is 27.1 Å². The van der Waals surface area contributed by atoms with Crippen LogP contribution in [0.5, 0.6) is 0 Å². The number of carbonyl (C=O) groups excluding carboxylic acids is 1. The molecular formula is C56H78N2O7. The molecule has 2 fully saturated rings. The lowest BCUT2D eigenvalue weighted by atomic mass is 9.45. The number of hydrogen-bond donors (Lipinski definition) is 6. The quantitative estimate of drug-likeness (QED) is 0.0272. The van der Waals surface area contributed by atoms with Crippen molar-refractivity contribution in [3.05, 3.63) is 142 Å². The van der Waals surface area contributed by atoms with E-state index in [0.717, 1.165) is 61.7 Å². The number of rotatable bonds is 19. The van der Waals surface area contributed by atoms with Gasteiger partial charge >= 0.3 is 0 Å². The number of ether oxygens (including phenoxy) is 2. The zero-order chi connectivity index (χ0) is 46.6. The lowest BCUT2D eigenvalue weighted by Crippen LogP contribution is -2.65. The van der Waals surface area contributed by atoms with Gasteiger partial charge in [-0.15, -0.1) is 0 Å². The smallest absolute Gasteiger partial charge is 0.145 e. The molecule has 4 bridgehead atoms. The van der Waals surface area contributed by atoms with E-state index < -0.39 is 23.9 Å². The highest BCUT2D eigenvalue weighted by molar-refractivity contribution is 5.74. The van der Waals surface area contributed by atoms with Crippen molar-refractivity contribution in [2.24, 2.45) is 35.0 Å². The van der Waals surface area contributed by atoms with Crippen molar-refractivity contribution in [2.75, 3.05) is 53.9 Å². The monoisotopic (exact) mass is 891 g/mol. The van der Waals surface area contributed by atoms with Crippen molar-refractivity contribution in [3.63, 3.8) is 0 Å². The molecule has 4 aliphatic rings. The highest BCUT2D eigenvalue weighted by Gasteiger charge is 2.68. The third-order valence-electron chi connectivity index (χ3n) is 15.7. The molecule has 0 radical (unpaired) electrons. The minimum Gasteiger partial charge on any atom is -0.396 e. The summed E-state index contributed by atoms with van der Waals surface area (Å²) in [6.45, 7) is 12.7. The molecule has 1 aliphatic heterocycles. The number of hydrogen-bond acceptors (Lipinski definition) is 9. The van der Waals surface area contributed by atoms with Crippen LogP contribution >= 0.6 is 0 Å². The number of methoxy groups -OCH3 is 1. The van der Waals surface area contributed by atoms with Gasteiger partial charge in [0.05, 0.1) is 18.3 Å². The number of aryl methyl sites for hydroxylation is 1. The molecule has 1 spiro atoms. The van der Waals surface area contributed by atoms with Crippen LogP contribution in [0.1, 0.15) is 94.7 Å². The largest absolute Gasteiger partial charge is 0.396 e. The Kier molecular flexibility index (Phi) is 18.2. The van der Waals surface area contributed by atoms with Crippen molar-refractivity contribution in [1.29, 1.82) is 0 Å². The van der Waals surface area contributed by atoms with Crippen LogP contribution in [0.4, 0.5) is 0 Å². The van der Waals surface area contributed by atoms with Gasteiger partial charge < -0.3 is 40.5 Å². The zero-order valence-corrected chi connectivity index (χ0v) is 39.8. The Labute approximate surface area is 389 Å². The van der Waals surface area contributed by atoms with E-state index in [-0.39, 0.29) is 54.3 Å². The fourth-order valence-corrected chi connectivity index (χ4v) is 12.3. The van der Waals surface area contributed by atoms with Crippen LogP contribution in [0, 0.1) is 35.0 Å². The standard InChI is InChI=1S/C56H78N2O7/c1-39-18-22-48(49(23-19-42-13-8-7-9-14-42)45-16-11-15-43(32-45)33-54(4,58-35-39)28-31-64-6)40(2)12-10-17-47(37-65-38-61)50-24-26-56(53(50)62)52-44(25-30-59)20-21-46(51(52)41(3)36-60)34-55(56,63)27-29-57-5/h7-18,20-21,32,36,44,46,48-50,52-53,57-59,61-63H,2,19,22-31,33-35,37-38H2,1,3-6H3/b12-10+,39-18+,47-17-,51-41?/t44-,46+,48+,49+,50+,52+,53-,54+,55-,56-/m1/s1. The van der Waals surface area contributed by atoms with Crippen LogP contribution in [0.2, 0.25) is 0 Å². The molecule has 1 heterocycles. The first-order chi connectivity index (χ1) is 31.4. The Morgan fingerprint density at radius 1 is 1.06 bits per heavy atom. The van der Waals surface area contributed by atoms with Gasteiger partial charge in [0.15, 0.2) is 0 Å². The van der Waals surface area contributed by atoms with E-state index in [1.54, 1.807) is 7.11 Å². The van der Waals surface area contributed by atoms with Crippen LogP contribution in [0.15, 0.2) is 125 Å². The fraction of sp³-hybridized carbons (Fsp3) is 0.554. The summed E-state index contributed by atoms with van der Waals surface area (Å²) in [5.41, 5.74) is 6.29. The predicted molar refractivity (Wildman–Crippen MR) is 261 cm³/mol. The highest BCUT2D eigenvalue weighted by atomic mass is 16.6. The molecule has 65 heavy (non-hydrogen) atoms. The molecule has 6 N–H and O–H groups in total. The summed E-state index contributed by atoms with van der Waals surface area (Å²) in [7, 11) is 3.64. The molecule has 2 aromatic carbocycles. The summed E-state index contributed by atoms with van der Waals surface area (Å²) in [6, 6.07) is 19.8. The fourth-order valence-electron chi connectivity index (χ4n) is 12.3. The summed E-state index contributed by atoms with van der Waals surface area (Å²) in [5, 5.41) is 53.3. The maximum absolute atomic E-state index is 13.0. The summed E-state index contributed by atoms with van der Waals surface area (Å²) < 4.78 is 11.3. The molecule has 2 aromatic rings. The molecular weight excluding hydrogens is 813 g/mol. The average molecular weight is 891 g/mol. The first kappa shape index (κ1) is 50.6. The van der Waals surface area contributed by atoms with Gasteiger partial charge in [-0.1, -0.05) is 114 Å². The van der Waals surface area contributed by atoms with Crippen molar-refractivity contribution in [2.45, 2.75) is 108 Å². The van der Waals surface area contributed by atoms with E-state index in [4.69, 9.17) is 16.1 Å².